The molecule has 0 saturated heterocycles. The minimum absolute atomic E-state index is 0.0447. The highest BCUT2D eigenvalue weighted by Crippen LogP contribution is 2.48. The van der Waals surface area contributed by atoms with E-state index in [2.05, 4.69) is 36.4 Å². The third-order valence-corrected chi connectivity index (χ3v) is 9.26. The molecule has 4 aromatic rings. The molecule has 8 heteroatoms. The van der Waals surface area contributed by atoms with E-state index in [-0.39, 0.29) is 22.8 Å². The quantitative estimate of drug-likeness (QED) is 0.169. The molecule has 0 unspecified atom stereocenters. The Morgan fingerprint density at radius 2 is 1.02 bits per heavy atom. The van der Waals surface area contributed by atoms with Crippen LogP contribution in [-0.4, -0.2) is 27.8 Å². The zero-order valence-electron chi connectivity index (χ0n) is 27.6. The fourth-order valence-corrected chi connectivity index (χ4v) is 7.01. The van der Waals surface area contributed by atoms with Gasteiger partial charge in [0.05, 0.1) is 39.1 Å². The summed E-state index contributed by atoms with van der Waals surface area (Å²) in [6.07, 6.45) is 11.1. The summed E-state index contributed by atoms with van der Waals surface area (Å²) in [6.45, 7) is 0. The van der Waals surface area contributed by atoms with Crippen LogP contribution in [-0.2, 0) is 0 Å². The van der Waals surface area contributed by atoms with E-state index in [0.717, 1.165) is 50.4 Å². The Labute approximate surface area is 299 Å². The molecule has 0 radical (unpaired) electrons. The van der Waals surface area contributed by atoms with Crippen LogP contribution in [0.4, 0.5) is 0 Å². The molecule has 5 aliphatic rings. The Kier molecular flexibility index (Phi) is 7.40. The predicted molar refractivity (Wildman–Crippen MR) is 209 cm³/mol. The average molecular weight is 673 g/mol. The summed E-state index contributed by atoms with van der Waals surface area (Å²) >= 11 is 0. The number of hydrogen-bond acceptors (Lipinski definition) is 7. The van der Waals surface area contributed by atoms with Gasteiger partial charge < -0.3 is 5.73 Å². The molecule has 0 spiro atoms. The molecule has 5 aliphatic heterocycles. The molecule has 0 amide bonds. The fourth-order valence-electron chi connectivity index (χ4n) is 7.01. The molecule has 8 nitrogen and oxygen atoms in total. The predicted octanol–water partition coefficient (Wildman–Crippen LogP) is 8.58. The van der Waals surface area contributed by atoms with Crippen LogP contribution in [0.5, 0.6) is 0 Å². The Bertz CT molecular complexity index is 2590. The third-order valence-electron chi connectivity index (χ3n) is 9.26. The van der Waals surface area contributed by atoms with Crippen molar-refractivity contribution in [3.05, 3.63) is 224 Å². The maximum Gasteiger partial charge on any atom is 0.319 e. The zero-order valence-corrected chi connectivity index (χ0v) is 27.6. The van der Waals surface area contributed by atoms with Gasteiger partial charge in [0, 0.05) is 22.3 Å². The van der Waals surface area contributed by atoms with Crippen LogP contribution in [0.25, 0.3) is 22.3 Å². The van der Waals surface area contributed by atoms with Crippen molar-refractivity contribution in [2.24, 2.45) is 25.7 Å². The third kappa shape index (κ3) is 5.26. The van der Waals surface area contributed by atoms with Gasteiger partial charge in [-0.15, -0.1) is 0 Å². The summed E-state index contributed by atoms with van der Waals surface area (Å²) in [6, 6.07) is 40.0. The Balaban J connectivity index is 1.50. The number of fused-ring (bicyclic) bond motifs is 4. The van der Waals surface area contributed by atoms with Gasteiger partial charge in [-0.05, 0) is 58.7 Å². The van der Waals surface area contributed by atoms with E-state index in [1.165, 1.54) is 0 Å². The van der Waals surface area contributed by atoms with Crippen molar-refractivity contribution in [3.8, 4) is 0 Å². The van der Waals surface area contributed by atoms with Gasteiger partial charge in [-0.25, -0.2) is 20.0 Å². The second kappa shape index (κ2) is 12.5. The lowest BCUT2D eigenvalue weighted by molar-refractivity contribution is -0.421. The normalized spacial score (nSPS) is 17.7. The molecule has 4 aromatic carbocycles. The molecular formula is C44H28N6O2. The van der Waals surface area contributed by atoms with Crippen LogP contribution >= 0.6 is 0 Å². The number of aliphatic imine (C=N–C) groups is 4. The first kappa shape index (κ1) is 30.7. The van der Waals surface area contributed by atoms with Crippen molar-refractivity contribution in [2.75, 3.05) is 0 Å². The van der Waals surface area contributed by atoms with Gasteiger partial charge in [-0.2, -0.15) is 0 Å². The highest BCUT2D eigenvalue weighted by Gasteiger charge is 2.39. The van der Waals surface area contributed by atoms with E-state index < -0.39 is 4.92 Å². The highest BCUT2D eigenvalue weighted by atomic mass is 16.6. The molecule has 246 valence electrons. The maximum absolute atomic E-state index is 12.7. The molecular weight excluding hydrogens is 645 g/mol. The SMILES string of the molecule is NC1=C([N+](=O)[O-])C2=CC3=NC(=CC4=NC(=C(c5ccccc5)C5=NC(=C(c6ccccc6)C1=N2)C(c1ccccc1)=C5c1ccccc1)C=C4)C=C3. The topological polar surface area (TPSA) is 119 Å². The summed E-state index contributed by atoms with van der Waals surface area (Å²) in [4.78, 5) is 32.6. The van der Waals surface area contributed by atoms with Crippen molar-refractivity contribution >= 4 is 45.1 Å². The summed E-state index contributed by atoms with van der Waals surface area (Å²) in [7, 11) is 0. The largest absolute Gasteiger partial charge is 0.391 e. The number of hydrogen-bond donors (Lipinski definition) is 1. The lowest BCUT2D eigenvalue weighted by Crippen LogP contribution is -2.16. The summed E-state index contributed by atoms with van der Waals surface area (Å²) < 4.78 is 0. The van der Waals surface area contributed by atoms with Crippen LogP contribution in [0.15, 0.2) is 212 Å². The average Bonchev–Trinajstić information content (AvgIpc) is 3.97. The van der Waals surface area contributed by atoms with Gasteiger partial charge in [0.25, 0.3) is 0 Å². The molecule has 2 N–H and O–H groups in total. The smallest absolute Gasteiger partial charge is 0.319 e. The lowest BCUT2D eigenvalue weighted by atomic mass is 9.85. The zero-order chi connectivity index (χ0) is 35.2. The molecule has 52 heavy (non-hydrogen) atoms. The van der Waals surface area contributed by atoms with E-state index in [1.54, 1.807) is 12.2 Å². The summed E-state index contributed by atoms with van der Waals surface area (Å²) in [5, 5.41) is 12.7. The maximum atomic E-state index is 12.7. The molecule has 9 rings (SSSR count). The first-order valence-electron chi connectivity index (χ1n) is 16.8. The van der Waals surface area contributed by atoms with E-state index in [0.29, 0.717) is 28.4 Å². The molecule has 8 bridgehead atoms. The number of nitro groups is 1. The molecule has 5 heterocycles. The van der Waals surface area contributed by atoms with E-state index in [1.807, 2.05) is 109 Å². The van der Waals surface area contributed by atoms with Crippen LogP contribution in [0.2, 0.25) is 0 Å². The van der Waals surface area contributed by atoms with Gasteiger partial charge in [0.1, 0.15) is 17.1 Å². The van der Waals surface area contributed by atoms with Crippen molar-refractivity contribution in [1.29, 1.82) is 0 Å². The minimum atomic E-state index is -0.474. The fraction of sp³-hybridized carbons (Fsp3) is 0. The van der Waals surface area contributed by atoms with Crippen LogP contribution in [0, 0.1) is 10.1 Å². The van der Waals surface area contributed by atoms with Crippen LogP contribution in [0.3, 0.4) is 0 Å². The monoisotopic (exact) mass is 672 g/mol. The summed E-state index contributed by atoms with van der Waals surface area (Å²) in [5.41, 5.74) is 17.5. The number of nitrogens with zero attached hydrogens (tertiary/aromatic N) is 5. The Hall–Kier alpha value is -7.32. The Morgan fingerprint density at radius 1 is 0.500 bits per heavy atom. The highest BCUT2D eigenvalue weighted by molar-refractivity contribution is 6.53. The number of benzene rings is 4. The van der Waals surface area contributed by atoms with E-state index >= 15 is 0 Å². The Morgan fingerprint density at radius 3 is 1.62 bits per heavy atom. The standard InChI is InChI=1S/C44H28N6O2/c45-40-43-39(30-19-11-4-12-20-30)42-38(29-17-9-3-10-18-29)37(28-15-7-2-8-16-28)41(49-42)36(27-13-5-1-6-14-27)34-24-23-32(47-34)25-31-21-22-33(46-31)26-35(48-43)44(40)50(51)52/h1-26H,45H2. The van der Waals surface area contributed by atoms with E-state index in [9.17, 15) is 10.1 Å². The molecule has 0 fully saturated rings. The molecule has 0 atom stereocenters. The van der Waals surface area contributed by atoms with Crippen LogP contribution < -0.4 is 5.73 Å². The van der Waals surface area contributed by atoms with Gasteiger partial charge >= 0.3 is 5.70 Å². The minimum Gasteiger partial charge on any atom is -0.391 e. The van der Waals surface area contributed by atoms with Gasteiger partial charge in [0.2, 0.25) is 0 Å². The number of allylic oxidation sites excluding steroid dienone is 10. The van der Waals surface area contributed by atoms with E-state index in [4.69, 9.17) is 25.7 Å². The van der Waals surface area contributed by atoms with Crippen molar-refractivity contribution in [1.82, 2.24) is 0 Å². The van der Waals surface area contributed by atoms with Gasteiger partial charge in [-0.1, -0.05) is 121 Å². The lowest BCUT2D eigenvalue weighted by Gasteiger charge is -2.16. The summed E-state index contributed by atoms with van der Waals surface area (Å²) in [5.74, 6) is 0. The number of rotatable bonds is 5. The van der Waals surface area contributed by atoms with Gasteiger partial charge in [0.15, 0.2) is 0 Å². The molecule has 0 aromatic heterocycles. The van der Waals surface area contributed by atoms with Crippen molar-refractivity contribution in [2.45, 2.75) is 0 Å². The van der Waals surface area contributed by atoms with Gasteiger partial charge in [-0.3, -0.25) is 10.1 Å². The first-order valence-corrected chi connectivity index (χ1v) is 16.8. The number of nitrogens with two attached hydrogens (primary N) is 1. The molecule has 0 aliphatic carbocycles. The first-order chi connectivity index (χ1) is 25.5. The van der Waals surface area contributed by atoms with Crippen molar-refractivity contribution < 1.29 is 4.92 Å². The second-order valence-corrected chi connectivity index (χ2v) is 12.5. The molecule has 0 saturated carbocycles. The van der Waals surface area contributed by atoms with Crippen LogP contribution in [0.1, 0.15) is 22.3 Å². The van der Waals surface area contributed by atoms with Crippen molar-refractivity contribution in [3.63, 3.8) is 0 Å². The second-order valence-electron chi connectivity index (χ2n) is 12.5.